The molecule has 0 aromatic rings. The average Bonchev–Trinajstić information content (AvgIpc) is 3.10. The lowest BCUT2D eigenvalue weighted by Gasteiger charge is -2.70. The molecule has 0 aromatic heterocycles. The van der Waals surface area contributed by atoms with Gasteiger partial charge in [0.15, 0.2) is 5.78 Å². The molecule has 0 saturated heterocycles. The molecule has 36 heavy (non-hydrogen) atoms. The largest absolute Gasteiger partial charge is 0.393 e. The predicted octanol–water partition coefficient (Wildman–Crippen LogP) is 3.97. The first kappa shape index (κ1) is 27.9. The van der Waals surface area contributed by atoms with E-state index in [-0.39, 0.29) is 40.8 Å². The van der Waals surface area contributed by atoms with Crippen LogP contribution in [0.25, 0.3) is 0 Å². The van der Waals surface area contributed by atoms with Crippen molar-refractivity contribution in [2.45, 2.75) is 124 Å². The van der Waals surface area contributed by atoms with Crippen molar-refractivity contribution in [3.05, 3.63) is 11.1 Å². The lowest BCUT2D eigenvalue weighted by Crippen LogP contribution is -2.70. The number of hydrogen-bond donors (Lipinski definition) is 4. The van der Waals surface area contributed by atoms with Crippen molar-refractivity contribution in [3.8, 4) is 0 Å². The monoisotopic (exact) mass is 504 g/mol. The summed E-state index contributed by atoms with van der Waals surface area (Å²) in [7, 11) is 0. The first-order valence-electron chi connectivity index (χ1n) is 13.9. The van der Waals surface area contributed by atoms with Gasteiger partial charge in [0.2, 0.25) is 0 Å². The number of aliphatic hydroxyl groups excluding tert-OH is 3. The number of hydrogen-bond acceptors (Lipinski definition) is 6. The van der Waals surface area contributed by atoms with Crippen LogP contribution in [0.3, 0.4) is 0 Å². The number of carbonyl (C=O) groups is 2. The Balaban J connectivity index is 1.73. The number of ketones is 2. The molecule has 0 unspecified atom stereocenters. The summed E-state index contributed by atoms with van der Waals surface area (Å²) >= 11 is 0. The van der Waals surface area contributed by atoms with E-state index in [1.807, 2.05) is 20.8 Å². The highest BCUT2D eigenvalue weighted by Crippen LogP contribution is 2.74. The molecular formula is C30H48O6. The first-order chi connectivity index (χ1) is 16.3. The molecule has 0 radical (unpaired) electrons. The van der Waals surface area contributed by atoms with E-state index in [9.17, 15) is 30.0 Å². The highest BCUT2D eigenvalue weighted by molar-refractivity contribution is 5.90. The molecule has 3 fully saturated rings. The third-order valence-corrected chi connectivity index (χ3v) is 11.8. The molecular weight excluding hydrogens is 456 g/mol. The fourth-order valence-electron chi connectivity index (χ4n) is 9.60. The predicted molar refractivity (Wildman–Crippen MR) is 138 cm³/mol. The summed E-state index contributed by atoms with van der Waals surface area (Å²) < 4.78 is 0. The third-order valence-electron chi connectivity index (χ3n) is 11.8. The molecule has 0 amide bonds. The van der Waals surface area contributed by atoms with Crippen molar-refractivity contribution < 1.29 is 30.0 Å². The quantitative estimate of drug-likeness (QED) is 0.421. The van der Waals surface area contributed by atoms with E-state index in [0.29, 0.717) is 19.3 Å². The van der Waals surface area contributed by atoms with Gasteiger partial charge in [-0.2, -0.15) is 0 Å². The Morgan fingerprint density at radius 1 is 1.08 bits per heavy atom. The summed E-state index contributed by atoms with van der Waals surface area (Å²) in [6, 6.07) is 0. The number of aliphatic hydroxyl groups is 4. The van der Waals surface area contributed by atoms with Crippen LogP contribution in [0.2, 0.25) is 0 Å². The normalized spacial score (nSPS) is 43.9. The zero-order valence-electron chi connectivity index (χ0n) is 23.5. The van der Waals surface area contributed by atoms with Gasteiger partial charge in [0.05, 0.1) is 12.2 Å². The fourth-order valence-corrected chi connectivity index (χ4v) is 9.60. The van der Waals surface area contributed by atoms with E-state index in [0.717, 1.165) is 19.3 Å². The molecule has 4 rings (SSSR count). The smallest absolute Gasteiger partial charge is 0.192 e. The van der Waals surface area contributed by atoms with Gasteiger partial charge in [0.25, 0.3) is 0 Å². The molecule has 6 heteroatoms. The standard InChI is InChI=1S/C30H48O6/c1-16(13-20(32)25(35)27(4,5)36)17-9-12-29(7)18(17)14-19(31)24-28(6)11-10-22(33)26(2,3)21(28)15-23(34)30(24,29)8/h16,19-21,23-24,31-32,34,36H,9-15H2,1-8H3/t16-,19+,20+,21+,23-,24+,28+,29+,30+/m1/s1. The maximum Gasteiger partial charge on any atom is 0.192 e. The SMILES string of the molecule is C[C@H](C[C@H](O)C(=O)C(C)(C)O)C1=C2C[C@H](O)[C@H]3[C@@]4(C)CCC(=O)C(C)(C)[C@@H]4C[C@@H](O)[C@]3(C)[C@@]2(C)CC1. The molecule has 6 nitrogen and oxygen atoms in total. The Morgan fingerprint density at radius 2 is 1.69 bits per heavy atom. The minimum Gasteiger partial charge on any atom is -0.393 e. The lowest BCUT2D eigenvalue weighted by molar-refractivity contribution is -0.248. The van der Waals surface area contributed by atoms with Gasteiger partial charge < -0.3 is 20.4 Å². The highest BCUT2D eigenvalue weighted by atomic mass is 16.3. The summed E-state index contributed by atoms with van der Waals surface area (Å²) in [6.07, 6.45) is 1.71. The highest BCUT2D eigenvalue weighted by Gasteiger charge is 2.72. The Bertz CT molecular complexity index is 974. The van der Waals surface area contributed by atoms with Gasteiger partial charge in [0, 0.05) is 17.3 Å². The van der Waals surface area contributed by atoms with Crippen molar-refractivity contribution in [2.75, 3.05) is 0 Å². The van der Waals surface area contributed by atoms with Crippen LogP contribution in [-0.4, -0.2) is 55.9 Å². The Morgan fingerprint density at radius 3 is 2.28 bits per heavy atom. The molecule has 0 spiro atoms. The first-order valence-corrected chi connectivity index (χ1v) is 13.9. The Labute approximate surface area is 216 Å². The lowest BCUT2D eigenvalue weighted by atomic mass is 9.35. The van der Waals surface area contributed by atoms with Crippen molar-refractivity contribution in [1.29, 1.82) is 0 Å². The van der Waals surface area contributed by atoms with Gasteiger partial charge in [-0.15, -0.1) is 0 Å². The molecule has 0 heterocycles. The number of rotatable bonds is 5. The van der Waals surface area contributed by atoms with Crippen LogP contribution >= 0.6 is 0 Å². The van der Waals surface area contributed by atoms with Crippen LogP contribution in [0.5, 0.6) is 0 Å². The Hall–Kier alpha value is -1.08. The zero-order valence-corrected chi connectivity index (χ0v) is 23.5. The van der Waals surface area contributed by atoms with Crippen molar-refractivity contribution in [1.82, 2.24) is 0 Å². The molecule has 4 aliphatic rings. The van der Waals surface area contributed by atoms with Crippen LogP contribution in [0.1, 0.15) is 100 Å². The van der Waals surface area contributed by atoms with Gasteiger partial charge in [-0.25, -0.2) is 0 Å². The van der Waals surface area contributed by atoms with Gasteiger partial charge in [0.1, 0.15) is 17.5 Å². The van der Waals surface area contributed by atoms with Gasteiger partial charge >= 0.3 is 0 Å². The molecule has 0 bridgehead atoms. The number of Topliss-reactive ketones (excluding diaryl/α,β-unsaturated/α-hetero) is 2. The fraction of sp³-hybridized carbons (Fsp3) is 0.867. The van der Waals surface area contributed by atoms with Crippen LogP contribution in [0, 0.1) is 39.4 Å². The molecule has 4 aliphatic carbocycles. The Kier molecular flexibility index (Phi) is 6.57. The number of carbonyl (C=O) groups excluding carboxylic acids is 2. The summed E-state index contributed by atoms with van der Waals surface area (Å²) in [5.41, 5.74) is -0.868. The van der Waals surface area contributed by atoms with Gasteiger partial charge in [-0.05, 0) is 81.0 Å². The minimum absolute atomic E-state index is 0.0193. The van der Waals surface area contributed by atoms with Crippen LogP contribution in [-0.2, 0) is 9.59 Å². The van der Waals surface area contributed by atoms with Crippen LogP contribution < -0.4 is 0 Å². The molecule has 4 N–H and O–H groups in total. The van der Waals surface area contributed by atoms with Gasteiger partial charge in [-0.1, -0.05) is 52.7 Å². The van der Waals surface area contributed by atoms with E-state index in [2.05, 4.69) is 20.8 Å². The zero-order chi connectivity index (χ0) is 27.2. The minimum atomic E-state index is -1.59. The molecule has 204 valence electrons. The van der Waals surface area contributed by atoms with Crippen LogP contribution in [0.4, 0.5) is 0 Å². The maximum atomic E-state index is 12.9. The van der Waals surface area contributed by atoms with E-state index in [1.165, 1.54) is 25.0 Å². The summed E-state index contributed by atoms with van der Waals surface area (Å²) in [5.74, 6) is -0.505. The van der Waals surface area contributed by atoms with E-state index in [4.69, 9.17) is 0 Å². The topological polar surface area (TPSA) is 115 Å². The van der Waals surface area contributed by atoms with Crippen molar-refractivity contribution in [3.63, 3.8) is 0 Å². The van der Waals surface area contributed by atoms with E-state index >= 15 is 0 Å². The molecule has 9 atom stereocenters. The van der Waals surface area contributed by atoms with Crippen molar-refractivity contribution in [2.24, 2.45) is 39.4 Å². The van der Waals surface area contributed by atoms with E-state index < -0.39 is 40.5 Å². The second kappa shape index (κ2) is 8.46. The molecule has 0 aromatic carbocycles. The number of allylic oxidation sites excluding steroid dienone is 1. The van der Waals surface area contributed by atoms with Gasteiger partial charge in [-0.3, -0.25) is 9.59 Å². The molecule has 3 saturated carbocycles. The third kappa shape index (κ3) is 3.65. The summed E-state index contributed by atoms with van der Waals surface area (Å²) in [4.78, 5) is 25.3. The number of fused-ring (bicyclic) bond motifs is 5. The maximum absolute atomic E-state index is 12.9. The summed E-state index contributed by atoms with van der Waals surface area (Å²) in [5, 5.41) is 44.3. The second-order valence-corrected chi connectivity index (χ2v) is 14.4. The summed E-state index contributed by atoms with van der Waals surface area (Å²) in [6.45, 7) is 15.5. The van der Waals surface area contributed by atoms with Crippen molar-refractivity contribution >= 4 is 11.6 Å². The molecule has 0 aliphatic heterocycles. The second-order valence-electron chi connectivity index (χ2n) is 14.4. The van der Waals surface area contributed by atoms with E-state index in [1.54, 1.807) is 0 Å². The van der Waals surface area contributed by atoms with Crippen LogP contribution in [0.15, 0.2) is 11.1 Å². The average molecular weight is 505 g/mol.